The summed E-state index contributed by atoms with van der Waals surface area (Å²) in [5.74, 6) is -0.629. The van der Waals surface area contributed by atoms with Crippen molar-refractivity contribution in [2.24, 2.45) is 0 Å². The molecule has 0 spiro atoms. The van der Waals surface area contributed by atoms with E-state index in [1.54, 1.807) is 6.92 Å². The van der Waals surface area contributed by atoms with Crippen molar-refractivity contribution in [3.63, 3.8) is 0 Å². The molecule has 0 aliphatic rings. The Morgan fingerprint density at radius 3 is 2.43 bits per heavy atom. The van der Waals surface area contributed by atoms with Crippen LogP contribution in [0.15, 0.2) is 12.1 Å². The Hall–Kier alpha value is -1.71. The number of phenolic OH excluding ortho intramolecular Hbond substituents is 2. The lowest BCUT2D eigenvalue weighted by Crippen LogP contribution is -2.01. The summed E-state index contributed by atoms with van der Waals surface area (Å²) < 4.78 is 5.08. The Kier molecular flexibility index (Phi) is 2.96. The zero-order valence-corrected chi connectivity index (χ0v) is 8.07. The van der Waals surface area contributed by atoms with Gasteiger partial charge in [-0.1, -0.05) is 0 Å². The van der Waals surface area contributed by atoms with Crippen molar-refractivity contribution in [1.29, 1.82) is 0 Å². The first-order valence-electron chi connectivity index (χ1n) is 4.26. The Bertz CT molecular complexity index is 357. The summed E-state index contributed by atoms with van der Waals surface area (Å²) in [7, 11) is 0. The zero-order chi connectivity index (χ0) is 10.7. The van der Waals surface area contributed by atoms with Crippen LogP contribution in [-0.4, -0.2) is 22.6 Å². The highest BCUT2D eigenvalue weighted by molar-refractivity contribution is 6.00. The standard InChI is InChI=1S/C10H12O4/c1-3-14-10-8(13)5-4-7(12)9(10)6(2)11/h4-5,12-13H,3H2,1-2H3. The second-order valence-corrected chi connectivity index (χ2v) is 2.80. The number of carbonyl (C=O) groups is 1. The van der Waals surface area contributed by atoms with Gasteiger partial charge in [-0.15, -0.1) is 0 Å². The van der Waals surface area contributed by atoms with Crippen molar-refractivity contribution in [2.75, 3.05) is 6.61 Å². The molecule has 1 aromatic carbocycles. The molecule has 4 nitrogen and oxygen atoms in total. The van der Waals surface area contributed by atoms with Crippen LogP contribution in [0.2, 0.25) is 0 Å². The average Bonchev–Trinajstić information content (AvgIpc) is 2.11. The quantitative estimate of drug-likeness (QED) is 0.570. The van der Waals surface area contributed by atoms with Gasteiger partial charge in [-0.2, -0.15) is 0 Å². The molecule has 0 saturated heterocycles. The summed E-state index contributed by atoms with van der Waals surface area (Å²) in [4.78, 5) is 11.2. The predicted octanol–water partition coefficient (Wildman–Crippen LogP) is 1.70. The normalized spacial score (nSPS) is 9.86. The number of ether oxygens (including phenoxy) is 1. The largest absolute Gasteiger partial charge is 0.507 e. The SMILES string of the molecule is CCOc1c(O)ccc(O)c1C(C)=O. The number of hydrogen-bond donors (Lipinski definition) is 2. The Morgan fingerprint density at radius 1 is 1.36 bits per heavy atom. The van der Waals surface area contributed by atoms with Crippen molar-refractivity contribution in [3.05, 3.63) is 17.7 Å². The molecule has 0 unspecified atom stereocenters. The topological polar surface area (TPSA) is 66.8 Å². The van der Waals surface area contributed by atoms with Gasteiger partial charge >= 0.3 is 0 Å². The van der Waals surface area contributed by atoms with Crippen molar-refractivity contribution >= 4 is 5.78 Å². The Balaban J connectivity index is 3.33. The average molecular weight is 196 g/mol. The van der Waals surface area contributed by atoms with E-state index in [4.69, 9.17) is 4.74 Å². The molecule has 4 heteroatoms. The van der Waals surface area contributed by atoms with E-state index < -0.39 is 0 Å². The fraction of sp³-hybridized carbons (Fsp3) is 0.300. The van der Waals surface area contributed by atoms with E-state index >= 15 is 0 Å². The van der Waals surface area contributed by atoms with E-state index in [-0.39, 0.29) is 28.6 Å². The number of benzene rings is 1. The first-order chi connectivity index (χ1) is 6.57. The van der Waals surface area contributed by atoms with Gasteiger partial charge in [0.2, 0.25) is 0 Å². The van der Waals surface area contributed by atoms with Crippen LogP contribution in [0.5, 0.6) is 17.2 Å². The van der Waals surface area contributed by atoms with Gasteiger partial charge in [0, 0.05) is 0 Å². The highest BCUT2D eigenvalue weighted by Crippen LogP contribution is 2.36. The van der Waals surface area contributed by atoms with Crippen LogP contribution in [0.4, 0.5) is 0 Å². The maximum Gasteiger partial charge on any atom is 0.175 e. The lowest BCUT2D eigenvalue weighted by Gasteiger charge is -2.10. The molecule has 1 aromatic rings. The molecule has 0 saturated carbocycles. The highest BCUT2D eigenvalue weighted by Gasteiger charge is 2.17. The molecule has 0 amide bonds. The van der Waals surface area contributed by atoms with Crippen molar-refractivity contribution in [1.82, 2.24) is 0 Å². The third kappa shape index (κ3) is 1.79. The number of aromatic hydroxyl groups is 2. The van der Waals surface area contributed by atoms with Crippen LogP contribution in [0.25, 0.3) is 0 Å². The second-order valence-electron chi connectivity index (χ2n) is 2.80. The van der Waals surface area contributed by atoms with Crippen LogP contribution < -0.4 is 4.74 Å². The fourth-order valence-corrected chi connectivity index (χ4v) is 1.19. The predicted molar refractivity (Wildman–Crippen MR) is 50.9 cm³/mol. The van der Waals surface area contributed by atoms with Gasteiger partial charge in [-0.25, -0.2) is 0 Å². The van der Waals surface area contributed by atoms with Crippen LogP contribution in [0.3, 0.4) is 0 Å². The van der Waals surface area contributed by atoms with Gasteiger partial charge < -0.3 is 14.9 Å². The van der Waals surface area contributed by atoms with Gasteiger partial charge in [0.25, 0.3) is 0 Å². The summed E-state index contributed by atoms with van der Waals surface area (Å²) in [5, 5.41) is 18.8. The van der Waals surface area contributed by atoms with Crippen molar-refractivity contribution in [2.45, 2.75) is 13.8 Å². The third-order valence-electron chi connectivity index (χ3n) is 1.76. The molecule has 0 aliphatic carbocycles. The Morgan fingerprint density at radius 2 is 1.93 bits per heavy atom. The summed E-state index contributed by atoms with van der Waals surface area (Å²) in [5.41, 5.74) is 0.0202. The van der Waals surface area contributed by atoms with Gasteiger partial charge in [-0.3, -0.25) is 4.79 Å². The fourth-order valence-electron chi connectivity index (χ4n) is 1.19. The van der Waals surface area contributed by atoms with Gasteiger partial charge in [0.05, 0.1) is 6.61 Å². The minimum Gasteiger partial charge on any atom is -0.507 e. The van der Waals surface area contributed by atoms with Gasteiger partial charge in [0.1, 0.15) is 11.3 Å². The highest BCUT2D eigenvalue weighted by atomic mass is 16.5. The molecule has 0 fully saturated rings. The van der Waals surface area contributed by atoms with Crippen LogP contribution in [0, 0.1) is 0 Å². The maximum atomic E-state index is 11.2. The molecule has 0 bridgehead atoms. The number of rotatable bonds is 3. The minimum atomic E-state index is -0.346. The molecule has 0 atom stereocenters. The molecule has 1 rings (SSSR count). The number of ketones is 1. The van der Waals surface area contributed by atoms with Gasteiger partial charge in [0.15, 0.2) is 17.3 Å². The van der Waals surface area contributed by atoms with E-state index in [1.807, 2.05) is 0 Å². The first kappa shape index (κ1) is 10.4. The minimum absolute atomic E-state index is 0.0202. The Labute approximate surface area is 81.8 Å². The smallest absolute Gasteiger partial charge is 0.175 e. The van der Waals surface area contributed by atoms with Crippen molar-refractivity contribution < 1.29 is 19.7 Å². The molecule has 2 N–H and O–H groups in total. The number of carbonyl (C=O) groups excluding carboxylic acids is 1. The second kappa shape index (κ2) is 4.00. The first-order valence-corrected chi connectivity index (χ1v) is 4.26. The lowest BCUT2D eigenvalue weighted by molar-refractivity contribution is 0.101. The number of phenols is 2. The van der Waals surface area contributed by atoms with E-state index in [0.29, 0.717) is 6.61 Å². The third-order valence-corrected chi connectivity index (χ3v) is 1.76. The van der Waals surface area contributed by atoms with E-state index in [1.165, 1.54) is 19.1 Å². The van der Waals surface area contributed by atoms with Crippen molar-refractivity contribution in [3.8, 4) is 17.2 Å². The van der Waals surface area contributed by atoms with E-state index in [9.17, 15) is 15.0 Å². The van der Waals surface area contributed by atoms with Crippen LogP contribution in [-0.2, 0) is 0 Å². The monoisotopic (exact) mass is 196 g/mol. The molecular weight excluding hydrogens is 184 g/mol. The molecule has 76 valence electrons. The molecule has 0 heterocycles. The van der Waals surface area contributed by atoms with E-state index in [2.05, 4.69) is 0 Å². The molecule has 0 aliphatic heterocycles. The summed E-state index contributed by atoms with van der Waals surface area (Å²) >= 11 is 0. The number of hydrogen-bond acceptors (Lipinski definition) is 4. The number of Topliss-reactive ketones (excluding diaryl/α,β-unsaturated/α-hetero) is 1. The van der Waals surface area contributed by atoms with Gasteiger partial charge in [-0.05, 0) is 26.0 Å². The summed E-state index contributed by atoms with van der Waals surface area (Å²) in [6.07, 6.45) is 0. The molecular formula is C10H12O4. The summed E-state index contributed by atoms with van der Waals surface area (Å²) in [6, 6.07) is 2.54. The maximum absolute atomic E-state index is 11.2. The molecule has 0 radical (unpaired) electrons. The molecule has 14 heavy (non-hydrogen) atoms. The van der Waals surface area contributed by atoms with Crippen LogP contribution in [0.1, 0.15) is 24.2 Å². The summed E-state index contributed by atoms with van der Waals surface area (Å²) in [6.45, 7) is 3.35. The van der Waals surface area contributed by atoms with E-state index in [0.717, 1.165) is 0 Å². The zero-order valence-electron chi connectivity index (χ0n) is 8.07. The molecule has 0 aromatic heterocycles. The lowest BCUT2D eigenvalue weighted by atomic mass is 10.1. The van der Waals surface area contributed by atoms with Crippen LogP contribution >= 0.6 is 0 Å².